The lowest BCUT2D eigenvalue weighted by molar-refractivity contribution is -0.0547. The minimum absolute atomic E-state index is 0.0388. The Morgan fingerprint density at radius 1 is 1.00 bits per heavy atom. The molecule has 1 fully saturated rings. The van der Waals surface area contributed by atoms with E-state index in [0.29, 0.717) is 0 Å². The zero-order valence-corrected chi connectivity index (χ0v) is 19.4. The predicted molar refractivity (Wildman–Crippen MR) is 127 cm³/mol. The Morgan fingerprint density at radius 2 is 1.68 bits per heavy atom. The molecule has 0 saturated carbocycles. The van der Waals surface area contributed by atoms with E-state index >= 15 is 0 Å². The molecule has 2 aromatic rings. The van der Waals surface area contributed by atoms with Crippen molar-refractivity contribution in [3.05, 3.63) is 65.7 Å². The quantitative estimate of drug-likeness (QED) is 0.502. The monoisotopic (exact) mass is 425 g/mol. The van der Waals surface area contributed by atoms with E-state index in [1.165, 1.54) is 18.4 Å². The van der Waals surface area contributed by atoms with Crippen LogP contribution in [0.4, 0.5) is 0 Å². The van der Waals surface area contributed by atoms with Crippen LogP contribution < -0.4 is 4.74 Å². The molecule has 0 bridgehead atoms. The van der Waals surface area contributed by atoms with Gasteiger partial charge in [-0.3, -0.25) is 4.90 Å². The first-order chi connectivity index (χ1) is 15.1. The van der Waals surface area contributed by atoms with E-state index < -0.39 is 5.60 Å². The van der Waals surface area contributed by atoms with Crippen LogP contribution >= 0.6 is 0 Å². The number of benzene rings is 2. The average molecular weight is 426 g/mol. The van der Waals surface area contributed by atoms with Gasteiger partial charge in [0, 0.05) is 25.6 Å². The third kappa shape index (κ3) is 6.09. The van der Waals surface area contributed by atoms with Crippen LogP contribution in [0, 0.1) is 5.92 Å². The zero-order chi connectivity index (χ0) is 22.1. The Labute approximate surface area is 188 Å². The fourth-order valence-electron chi connectivity index (χ4n) is 4.52. The van der Waals surface area contributed by atoms with Crippen LogP contribution in [0.25, 0.3) is 0 Å². The highest BCUT2D eigenvalue weighted by atomic mass is 16.5. The van der Waals surface area contributed by atoms with E-state index in [4.69, 9.17) is 9.47 Å². The van der Waals surface area contributed by atoms with E-state index in [9.17, 15) is 5.11 Å². The fraction of sp³-hybridized carbons (Fsp3) is 0.556. The maximum Gasteiger partial charge on any atom is 0.119 e. The molecule has 0 spiro atoms. The van der Waals surface area contributed by atoms with Crippen LogP contribution in [0.1, 0.15) is 57.1 Å². The molecule has 0 unspecified atom stereocenters. The molecule has 0 aromatic heterocycles. The average Bonchev–Trinajstić information content (AvgIpc) is 2.81. The van der Waals surface area contributed by atoms with Crippen LogP contribution in [0.3, 0.4) is 0 Å². The Balaban J connectivity index is 1.87. The summed E-state index contributed by atoms with van der Waals surface area (Å²) in [5, 5.41) is 12.2. The summed E-state index contributed by atoms with van der Waals surface area (Å²) in [6.45, 7) is 11.3. The molecule has 1 aliphatic rings. The van der Waals surface area contributed by atoms with E-state index in [-0.39, 0.29) is 11.8 Å². The summed E-state index contributed by atoms with van der Waals surface area (Å²) in [5.41, 5.74) is 1.14. The van der Waals surface area contributed by atoms with Gasteiger partial charge in [0.25, 0.3) is 0 Å². The normalized spacial score (nSPS) is 18.0. The van der Waals surface area contributed by atoms with Gasteiger partial charge in [0.1, 0.15) is 5.75 Å². The van der Waals surface area contributed by atoms with Crippen molar-refractivity contribution in [2.45, 2.75) is 51.6 Å². The highest BCUT2D eigenvalue weighted by molar-refractivity contribution is 5.36. The topological polar surface area (TPSA) is 41.9 Å². The van der Waals surface area contributed by atoms with Crippen LogP contribution in [-0.4, -0.2) is 49.5 Å². The van der Waals surface area contributed by atoms with Crippen molar-refractivity contribution >= 4 is 0 Å². The van der Waals surface area contributed by atoms with Gasteiger partial charge in [0.2, 0.25) is 0 Å². The molecule has 0 aliphatic carbocycles. The van der Waals surface area contributed by atoms with Gasteiger partial charge in [-0.05, 0) is 35.6 Å². The molecule has 2 aromatic carbocycles. The third-order valence-corrected chi connectivity index (χ3v) is 6.49. The van der Waals surface area contributed by atoms with Gasteiger partial charge in [-0.1, -0.05) is 76.1 Å². The number of hydrogen-bond acceptors (Lipinski definition) is 4. The predicted octanol–water partition coefficient (Wildman–Crippen LogP) is 5.22. The molecular formula is C27H39NO3. The highest BCUT2D eigenvalue weighted by Crippen LogP contribution is 2.43. The third-order valence-electron chi connectivity index (χ3n) is 6.49. The van der Waals surface area contributed by atoms with Crippen molar-refractivity contribution in [2.24, 2.45) is 5.92 Å². The van der Waals surface area contributed by atoms with Gasteiger partial charge < -0.3 is 14.6 Å². The molecule has 1 aliphatic heterocycles. The molecule has 1 N–H and O–H groups in total. The van der Waals surface area contributed by atoms with Gasteiger partial charge in [0.15, 0.2) is 0 Å². The first-order valence-corrected chi connectivity index (χ1v) is 11.9. The minimum atomic E-state index is -0.986. The summed E-state index contributed by atoms with van der Waals surface area (Å²) in [6.07, 6.45) is 3.45. The van der Waals surface area contributed by atoms with Gasteiger partial charge in [-0.25, -0.2) is 0 Å². The number of rotatable bonds is 11. The molecule has 4 heteroatoms. The molecule has 0 radical (unpaired) electrons. The Hall–Kier alpha value is -1.88. The fourth-order valence-corrected chi connectivity index (χ4v) is 4.52. The Bertz CT molecular complexity index is 756. The molecule has 31 heavy (non-hydrogen) atoms. The van der Waals surface area contributed by atoms with E-state index in [2.05, 4.69) is 49.9 Å². The minimum Gasteiger partial charge on any atom is -0.494 e. The van der Waals surface area contributed by atoms with Crippen molar-refractivity contribution in [1.29, 1.82) is 0 Å². The molecule has 2 atom stereocenters. The summed E-state index contributed by atoms with van der Waals surface area (Å²) in [5.74, 6) is 0.883. The summed E-state index contributed by atoms with van der Waals surface area (Å²) < 4.78 is 11.4. The lowest BCUT2D eigenvalue weighted by Gasteiger charge is -2.43. The molecule has 0 amide bonds. The van der Waals surface area contributed by atoms with Crippen LogP contribution in [0.5, 0.6) is 5.75 Å². The first kappa shape index (κ1) is 23.8. The lowest BCUT2D eigenvalue weighted by atomic mass is 9.70. The second-order valence-electron chi connectivity index (χ2n) is 8.94. The molecule has 1 heterocycles. The van der Waals surface area contributed by atoms with Crippen molar-refractivity contribution < 1.29 is 14.6 Å². The molecule has 170 valence electrons. The molecule has 4 nitrogen and oxygen atoms in total. The van der Waals surface area contributed by atoms with Crippen LogP contribution in [0.15, 0.2) is 54.6 Å². The maximum absolute atomic E-state index is 12.2. The van der Waals surface area contributed by atoms with Gasteiger partial charge in [-0.15, -0.1) is 0 Å². The van der Waals surface area contributed by atoms with Gasteiger partial charge in [0.05, 0.1) is 25.4 Å². The largest absolute Gasteiger partial charge is 0.494 e. The van der Waals surface area contributed by atoms with Crippen molar-refractivity contribution in [3.8, 4) is 5.75 Å². The smallest absolute Gasteiger partial charge is 0.119 e. The number of hydrogen-bond donors (Lipinski definition) is 1. The maximum atomic E-state index is 12.2. The zero-order valence-electron chi connectivity index (χ0n) is 19.4. The van der Waals surface area contributed by atoms with Crippen molar-refractivity contribution in [2.75, 3.05) is 39.5 Å². The number of morpholine rings is 1. The molecule has 3 rings (SSSR count). The molecular weight excluding hydrogens is 386 g/mol. The Morgan fingerprint density at radius 3 is 2.29 bits per heavy atom. The van der Waals surface area contributed by atoms with Gasteiger partial charge >= 0.3 is 0 Å². The summed E-state index contributed by atoms with van der Waals surface area (Å²) in [6, 6.07) is 18.6. The van der Waals surface area contributed by atoms with Crippen LogP contribution in [0.2, 0.25) is 0 Å². The second-order valence-corrected chi connectivity index (χ2v) is 8.94. The summed E-state index contributed by atoms with van der Waals surface area (Å²) in [4.78, 5) is 2.42. The van der Waals surface area contributed by atoms with Crippen molar-refractivity contribution in [3.63, 3.8) is 0 Å². The van der Waals surface area contributed by atoms with E-state index in [1.807, 2.05) is 30.3 Å². The Kier molecular flexibility index (Phi) is 8.94. The number of nitrogens with zero attached hydrogens (tertiary/aromatic N) is 1. The van der Waals surface area contributed by atoms with E-state index in [0.717, 1.165) is 57.2 Å². The van der Waals surface area contributed by atoms with Gasteiger partial charge in [-0.2, -0.15) is 0 Å². The first-order valence-electron chi connectivity index (χ1n) is 11.9. The highest BCUT2D eigenvalue weighted by Gasteiger charge is 2.43. The number of ether oxygens (including phenoxy) is 2. The van der Waals surface area contributed by atoms with Crippen LogP contribution in [-0.2, 0) is 10.3 Å². The lowest BCUT2D eigenvalue weighted by Crippen LogP contribution is -2.47. The SMILES string of the molecule is CCCCCOc1ccc([C@](O)(C(C)C)[C@@H](CN2CCOCC2)c2ccccc2)cc1. The van der Waals surface area contributed by atoms with Crippen molar-refractivity contribution in [1.82, 2.24) is 4.90 Å². The summed E-state index contributed by atoms with van der Waals surface area (Å²) in [7, 11) is 0. The number of aliphatic hydroxyl groups is 1. The number of unbranched alkanes of at least 4 members (excludes halogenated alkanes) is 2. The summed E-state index contributed by atoms with van der Waals surface area (Å²) >= 11 is 0. The molecule has 1 saturated heterocycles. The second kappa shape index (κ2) is 11.7. The van der Waals surface area contributed by atoms with E-state index in [1.54, 1.807) is 0 Å². The standard InChI is InChI=1S/C27H39NO3/c1-4-5-9-18-31-25-14-12-24(13-15-25)27(29,22(2)3)26(23-10-7-6-8-11-23)21-28-16-19-30-20-17-28/h6-8,10-15,22,26,29H,4-5,9,16-21H2,1-3H3/t26-,27+/m0/s1.